The maximum Gasteiger partial charge on any atom is 0.227 e. The number of aromatic amines is 1. The van der Waals surface area contributed by atoms with Crippen LogP contribution in [0, 0.1) is 13.8 Å². The topological polar surface area (TPSA) is 98.2 Å². The van der Waals surface area contributed by atoms with E-state index in [1.165, 1.54) is 0 Å². The SMILES string of the molecule is Cc1cc(-c2nn[nH]n2)cc(C)c1CC(=O)N1CCN(CC(C)O)CC1C. The summed E-state index contributed by atoms with van der Waals surface area (Å²) in [4.78, 5) is 17.1. The lowest BCUT2D eigenvalue weighted by Gasteiger charge is -2.40. The van der Waals surface area contributed by atoms with E-state index in [4.69, 9.17) is 0 Å². The summed E-state index contributed by atoms with van der Waals surface area (Å²) in [7, 11) is 0. The third-order valence-electron chi connectivity index (χ3n) is 5.18. The Morgan fingerprint density at radius 2 is 2.04 bits per heavy atom. The van der Waals surface area contributed by atoms with Gasteiger partial charge in [-0.25, -0.2) is 0 Å². The Morgan fingerprint density at radius 1 is 1.33 bits per heavy atom. The molecule has 27 heavy (non-hydrogen) atoms. The minimum atomic E-state index is -0.345. The smallest absolute Gasteiger partial charge is 0.227 e. The van der Waals surface area contributed by atoms with E-state index < -0.39 is 0 Å². The number of H-pyrrole nitrogens is 1. The number of carbonyl (C=O) groups excluding carboxylic acids is 1. The minimum absolute atomic E-state index is 0.143. The monoisotopic (exact) mass is 372 g/mol. The predicted molar refractivity (Wildman–Crippen MR) is 102 cm³/mol. The third kappa shape index (κ3) is 4.51. The Kier molecular flexibility index (Phi) is 5.86. The zero-order chi connectivity index (χ0) is 19.6. The summed E-state index contributed by atoms with van der Waals surface area (Å²) in [6.45, 7) is 10.9. The number of aliphatic hydroxyl groups is 1. The van der Waals surface area contributed by atoms with E-state index >= 15 is 0 Å². The van der Waals surface area contributed by atoms with Gasteiger partial charge >= 0.3 is 0 Å². The summed E-state index contributed by atoms with van der Waals surface area (Å²) in [5.41, 5.74) is 4.08. The third-order valence-corrected chi connectivity index (χ3v) is 5.18. The van der Waals surface area contributed by atoms with Gasteiger partial charge in [-0.2, -0.15) is 5.21 Å². The zero-order valence-electron chi connectivity index (χ0n) is 16.4. The first kappa shape index (κ1) is 19.4. The van der Waals surface area contributed by atoms with Crippen molar-refractivity contribution in [2.75, 3.05) is 26.2 Å². The highest BCUT2D eigenvalue weighted by molar-refractivity contribution is 5.80. The van der Waals surface area contributed by atoms with Gasteiger partial charge in [0.1, 0.15) is 0 Å². The molecule has 2 atom stereocenters. The number of hydrogen-bond acceptors (Lipinski definition) is 6. The van der Waals surface area contributed by atoms with Crippen molar-refractivity contribution in [2.45, 2.75) is 46.3 Å². The highest BCUT2D eigenvalue weighted by Gasteiger charge is 2.28. The standard InChI is InChI=1S/C19H28N6O2/c1-12-7-16(19-20-22-23-21-19)8-13(2)17(12)9-18(27)25-6-5-24(10-14(25)3)11-15(4)26/h7-8,14-15,26H,5-6,9-11H2,1-4H3,(H,20,21,22,23). The van der Waals surface area contributed by atoms with Crippen LogP contribution in [0.4, 0.5) is 0 Å². The summed E-state index contributed by atoms with van der Waals surface area (Å²) < 4.78 is 0. The number of piperazine rings is 1. The first-order chi connectivity index (χ1) is 12.8. The van der Waals surface area contributed by atoms with Crippen LogP contribution in [0.25, 0.3) is 11.4 Å². The second-order valence-electron chi connectivity index (χ2n) is 7.55. The zero-order valence-corrected chi connectivity index (χ0v) is 16.4. The number of nitrogens with one attached hydrogen (secondary N) is 1. The Morgan fingerprint density at radius 3 is 2.59 bits per heavy atom. The van der Waals surface area contributed by atoms with E-state index in [-0.39, 0.29) is 18.1 Å². The molecule has 0 aliphatic carbocycles. The number of nitrogens with zero attached hydrogens (tertiary/aromatic N) is 5. The first-order valence-electron chi connectivity index (χ1n) is 9.39. The number of aryl methyl sites for hydroxylation is 2. The van der Waals surface area contributed by atoms with Crippen molar-refractivity contribution < 1.29 is 9.90 Å². The molecule has 0 radical (unpaired) electrons. The number of hydrogen-bond donors (Lipinski definition) is 2. The fourth-order valence-corrected chi connectivity index (χ4v) is 3.88. The minimum Gasteiger partial charge on any atom is -0.392 e. The molecule has 1 aliphatic rings. The number of rotatable bonds is 5. The molecule has 1 saturated heterocycles. The van der Waals surface area contributed by atoms with Crippen LogP contribution in [0.2, 0.25) is 0 Å². The molecule has 146 valence electrons. The molecule has 1 aromatic carbocycles. The van der Waals surface area contributed by atoms with Crippen molar-refractivity contribution in [2.24, 2.45) is 0 Å². The maximum absolute atomic E-state index is 12.9. The van der Waals surface area contributed by atoms with Gasteiger partial charge in [-0.15, -0.1) is 10.2 Å². The lowest BCUT2D eigenvalue weighted by Crippen LogP contribution is -2.55. The molecule has 0 bridgehead atoms. The van der Waals surface area contributed by atoms with Crippen LogP contribution in [0.3, 0.4) is 0 Å². The van der Waals surface area contributed by atoms with Crippen LogP contribution in [0.1, 0.15) is 30.5 Å². The molecule has 2 N–H and O–H groups in total. The number of carbonyl (C=O) groups is 1. The predicted octanol–water partition coefficient (Wildman–Crippen LogP) is 0.940. The normalized spacial score (nSPS) is 19.3. The molecule has 1 aromatic heterocycles. The van der Waals surface area contributed by atoms with Crippen molar-refractivity contribution in [3.63, 3.8) is 0 Å². The van der Waals surface area contributed by atoms with Crippen LogP contribution in [-0.2, 0) is 11.2 Å². The Labute approximate surface area is 159 Å². The van der Waals surface area contributed by atoms with Gasteiger partial charge < -0.3 is 10.0 Å². The average molecular weight is 372 g/mol. The molecule has 2 heterocycles. The molecule has 1 amide bonds. The number of amides is 1. The van der Waals surface area contributed by atoms with Gasteiger partial charge in [0, 0.05) is 37.8 Å². The Hall–Kier alpha value is -2.32. The van der Waals surface area contributed by atoms with Gasteiger partial charge in [0.05, 0.1) is 12.5 Å². The average Bonchev–Trinajstić information content (AvgIpc) is 3.12. The molecule has 1 aliphatic heterocycles. The highest BCUT2D eigenvalue weighted by atomic mass is 16.3. The highest BCUT2D eigenvalue weighted by Crippen LogP contribution is 2.24. The largest absolute Gasteiger partial charge is 0.392 e. The van der Waals surface area contributed by atoms with Gasteiger partial charge in [0.15, 0.2) is 0 Å². The molecule has 8 nitrogen and oxygen atoms in total. The quantitative estimate of drug-likeness (QED) is 0.811. The molecule has 3 rings (SSSR count). The molecule has 1 fully saturated rings. The summed E-state index contributed by atoms with van der Waals surface area (Å²) in [5, 5.41) is 23.7. The van der Waals surface area contributed by atoms with Crippen LogP contribution in [0.5, 0.6) is 0 Å². The fourth-order valence-electron chi connectivity index (χ4n) is 3.88. The Bertz CT molecular complexity index is 766. The summed E-state index contributed by atoms with van der Waals surface area (Å²) in [6, 6.07) is 4.15. The molecule has 2 aromatic rings. The van der Waals surface area contributed by atoms with E-state index in [1.807, 2.05) is 30.9 Å². The molecular formula is C19H28N6O2. The van der Waals surface area contributed by atoms with Crippen molar-refractivity contribution in [1.29, 1.82) is 0 Å². The van der Waals surface area contributed by atoms with Gasteiger partial charge in [-0.3, -0.25) is 9.69 Å². The van der Waals surface area contributed by atoms with Gasteiger partial charge in [0.25, 0.3) is 0 Å². The molecular weight excluding hydrogens is 344 g/mol. The van der Waals surface area contributed by atoms with Crippen molar-refractivity contribution in [3.05, 3.63) is 28.8 Å². The number of benzene rings is 1. The number of aliphatic hydroxyl groups excluding tert-OH is 1. The van der Waals surface area contributed by atoms with Crippen molar-refractivity contribution >= 4 is 5.91 Å². The van der Waals surface area contributed by atoms with E-state index in [1.54, 1.807) is 6.92 Å². The van der Waals surface area contributed by atoms with Crippen molar-refractivity contribution in [3.8, 4) is 11.4 Å². The number of aromatic nitrogens is 4. The Balaban J connectivity index is 1.69. The van der Waals surface area contributed by atoms with E-state index in [2.05, 4.69) is 32.4 Å². The molecule has 8 heteroatoms. The van der Waals surface area contributed by atoms with Crippen LogP contribution < -0.4 is 0 Å². The van der Waals surface area contributed by atoms with Gasteiger partial charge in [-0.1, -0.05) is 0 Å². The molecule has 2 unspecified atom stereocenters. The van der Waals surface area contributed by atoms with Gasteiger partial charge in [0.2, 0.25) is 11.7 Å². The summed E-state index contributed by atoms with van der Waals surface area (Å²) in [6.07, 6.45) is 0.0488. The lowest BCUT2D eigenvalue weighted by atomic mass is 9.96. The van der Waals surface area contributed by atoms with E-state index in [0.29, 0.717) is 25.3 Å². The number of β-amino-alcohol motifs (C(OH)–C–C–N with tert-alkyl or cyclic N) is 1. The fraction of sp³-hybridized carbons (Fsp3) is 0.579. The molecule has 0 spiro atoms. The van der Waals surface area contributed by atoms with E-state index in [9.17, 15) is 9.90 Å². The van der Waals surface area contributed by atoms with E-state index in [0.717, 1.165) is 35.3 Å². The number of tetrazole rings is 1. The molecule has 0 saturated carbocycles. The van der Waals surface area contributed by atoms with Gasteiger partial charge in [-0.05, 0) is 61.7 Å². The van der Waals surface area contributed by atoms with Crippen LogP contribution >= 0.6 is 0 Å². The second kappa shape index (κ2) is 8.14. The first-order valence-corrected chi connectivity index (χ1v) is 9.39. The summed E-state index contributed by atoms with van der Waals surface area (Å²) in [5.74, 6) is 0.708. The van der Waals surface area contributed by atoms with Crippen LogP contribution in [-0.4, -0.2) is 79.8 Å². The van der Waals surface area contributed by atoms with Crippen LogP contribution in [0.15, 0.2) is 12.1 Å². The summed E-state index contributed by atoms with van der Waals surface area (Å²) >= 11 is 0. The second-order valence-corrected chi connectivity index (χ2v) is 7.55. The van der Waals surface area contributed by atoms with Crippen molar-refractivity contribution in [1.82, 2.24) is 30.4 Å². The lowest BCUT2D eigenvalue weighted by molar-refractivity contribution is -0.135. The maximum atomic E-state index is 12.9.